The molecule has 1 aromatic rings. The van der Waals surface area contributed by atoms with Crippen molar-refractivity contribution in [3.8, 4) is 0 Å². The molecule has 0 aromatic carbocycles. The SMILES string of the molecule is Cc1nc(CSC(C)(C)C)nc(C)c1CCCNC1CC1. The summed E-state index contributed by atoms with van der Waals surface area (Å²) in [6, 6.07) is 0.806. The lowest BCUT2D eigenvalue weighted by atomic mass is 10.1. The van der Waals surface area contributed by atoms with E-state index in [1.54, 1.807) is 0 Å². The summed E-state index contributed by atoms with van der Waals surface area (Å²) in [7, 11) is 0. The van der Waals surface area contributed by atoms with Crippen molar-refractivity contribution in [3.63, 3.8) is 0 Å². The lowest BCUT2D eigenvalue weighted by Gasteiger charge is -2.17. The highest BCUT2D eigenvalue weighted by atomic mass is 32.2. The third kappa shape index (κ3) is 5.95. The van der Waals surface area contributed by atoms with Gasteiger partial charge in [-0.05, 0) is 51.6 Å². The molecule has 0 amide bonds. The van der Waals surface area contributed by atoms with Gasteiger partial charge in [-0.1, -0.05) is 20.8 Å². The zero-order chi connectivity index (χ0) is 15.5. The van der Waals surface area contributed by atoms with Crippen LogP contribution in [0, 0.1) is 13.8 Å². The van der Waals surface area contributed by atoms with E-state index in [0.29, 0.717) is 0 Å². The van der Waals surface area contributed by atoms with Crippen LogP contribution >= 0.6 is 11.8 Å². The zero-order valence-electron chi connectivity index (χ0n) is 14.1. The molecule has 0 unspecified atom stereocenters. The molecule has 21 heavy (non-hydrogen) atoms. The van der Waals surface area contributed by atoms with E-state index in [2.05, 4.69) is 39.9 Å². The van der Waals surface area contributed by atoms with Crippen LogP contribution < -0.4 is 5.32 Å². The van der Waals surface area contributed by atoms with E-state index in [-0.39, 0.29) is 4.75 Å². The minimum atomic E-state index is 0.262. The number of hydrogen-bond acceptors (Lipinski definition) is 4. The quantitative estimate of drug-likeness (QED) is 0.777. The third-order valence-electron chi connectivity index (χ3n) is 3.72. The predicted octanol–water partition coefficient (Wildman–Crippen LogP) is 3.81. The van der Waals surface area contributed by atoms with E-state index in [9.17, 15) is 0 Å². The Morgan fingerprint density at radius 2 is 1.76 bits per heavy atom. The van der Waals surface area contributed by atoms with Gasteiger partial charge < -0.3 is 5.32 Å². The van der Waals surface area contributed by atoms with Gasteiger partial charge >= 0.3 is 0 Å². The molecule has 4 heteroatoms. The number of nitrogens with one attached hydrogen (secondary N) is 1. The minimum Gasteiger partial charge on any atom is -0.314 e. The van der Waals surface area contributed by atoms with Crippen LogP contribution in [0.25, 0.3) is 0 Å². The smallest absolute Gasteiger partial charge is 0.138 e. The standard InChI is InChI=1S/C17H29N3S/c1-12-15(7-6-10-18-14-8-9-14)13(2)20-16(19-12)11-21-17(3,4)5/h14,18H,6-11H2,1-5H3. The maximum absolute atomic E-state index is 4.71. The van der Waals surface area contributed by atoms with Crippen LogP contribution in [-0.4, -0.2) is 27.3 Å². The molecule has 1 heterocycles. The summed E-state index contributed by atoms with van der Waals surface area (Å²) >= 11 is 1.91. The van der Waals surface area contributed by atoms with Gasteiger partial charge in [0.25, 0.3) is 0 Å². The van der Waals surface area contributed by atoms with Crippen LogP contribution in [0.3, 0.4) is 0 Å². The van der Waals surface area contributed by atoms with Crippen molar-refractivity contribution in [3.05, 3.63) is 22.8 Å². The zero-order valence-corrected chi connectivity index (χ0v) is 14.9. The molecule has 3 nitrogen and oxygen atoms in total. The molecule has 0 spiro atoms. The Hall–Kier alpha value is -0.610. The van der Waals surface area contributed by atoms with E-state index in [1.165, 1.54) is 36.2 Å². The second-order valence-electron chi connectivity index (χ2n) is 7.02. The lowest BCUT2D eigenvalue weighted by Crippen LogP contribution is -2.18. The first-order valence-electron chi connectivity index (χ1n) is 8.05. The molecular weight excluding hydrogens is 278 g/mol. The topological polar surface area (TPSA) is 37.8 Å². The Balaban J connectivity index is 1.89. The van der Waals surface area contributed by atoms with Crippen molar-refractivity contribution in [1.82, 2.24) is 15.3 Å². The fourth-order valence-corrected chi connectivity index (χ4v) is 3.07. The van der Waals surface area contributed by atoms with Crippen LogP contribution in [0.2, 0.25) is 0 Å². The second-order valence-corrected chi connectivity index (χ2v) is 8.82. The van der Waals surface area contributed by atoms with Gasteiger partial charge in [0, 0.05) is 22.2 Å². The van der Waals surface area contributed by atoms with Crippen molar-refractivity contribution >= 4 is 11.8 Å². The number of aromatic nitrogens is 2. The summed E-state index contributed by atoms with van der Waals surface area (Å²) in [5.74, 6) is 1.87. The number of aryl methyl sites for hydroxylation is 2. The Labute approximate surface area is 133 Å². The van der Waals surface area contributed by atoms with E-state index in [1.807, 2.05) is 11.8 Å². The molecule has 1 saturated carbocycles. The van der Waals surface area contributed by atoms with E-state index in [0.717, 1.165) is 30.6 Å². The van der Waals surface area contributed by atoms with Gasteiger partial charge in [0.1, 0.15) is 5.82 Å². The molecule has 118 valence electrons. The molecule has 1 aliphatic carbocycles. The lowest BCUT2D eigenvalue weighted by molar-refractivity contribution is 0.641. The maximum Gasteiger partial charge on any atom is 0.138 e. The molecular formula is C17H29N3S. The Morgan fingerprint density at radius 3 is 2.29 bits per heavy atom. The van der Waals surface area contributed by atoms with Gasteiger partial charge in [0.2, 0.25) is 0 Å². The highest BCUT2D eigenvalue weighted by Gasteiger charge is 2.19. The summed E-state index contributed by atoms with van der Waals surface area (Å²) in [5, 5.41) is 3.57. The van der Waals surface area contributed by atoms with Crippen LogP contribution in [-0.2, 0) is 12.2 Å². The highest BCUT2D eigenvalue weighted by Crippen LogP contribution is 2.26. The molecule has 2 rings (SSSR count). The first-order chi connectivity index (χ1) is 9.85. The molecule has 0 atom stereocenters. The Kier molecular flexibility index (Phi) is 5.67. The van der Waals surface area contributed by atoms with Crippen molar-refractivity contribution in [2.75, 3.05) is 6.54 Å². The maximum atomic E-state index is 4.71. The van der Waals surface area contributed by atoms with Gasteiger partial charge in [0.05, 0.1) is 5.75 Å². The Morgan fingerprint density at radius 1 is 1.14 bits per heavy atom. The number of rotatable bonds is 7. The molecule has 1 aliphatic rings. The van der Waals surface area contributed by atoms with Crippen molar-refractivity contribution in [2.45, 2.75) is 76.8 Å². The largest absolute Gasteiger partial charge is 0.314 e. The molecule has 0 radical (unpaired) electrons. The molecule has 1 fully saturated rings. The van der Waals surface area contributed by atoms with Crippen molar-refractivity contribution in [1.29, 1.82) is 0 Å². The molecule has 0 bridgehead atoms. The van der Waals surface area contributed by atoms with E-state index in [4.69, 9.17) is 9.97 Å². The van der Waals surface area contributed by atoms with Crippen LogP contribution in [0.1, 0.15) is 62.8 Å². The second kappa shape index (κ2) is 7.10. The summed E-state index contributed by atoms with van der Waals surface area (Å²) in [5.41, 5.74) is 3.67. The van der Waals surface area contributed by atoms with E-state index < -0.39 is 0 Å². The van der Waals surface area contributed by atoms with Crippen LogP contribution in [0.5, 0.6) is 0 Å². The summed E-state index contributed by atoms with van der Waals surface area (Å²) in [6.45, 7) is 12.1. The summed E-state index contributed by atoms with van der Waals surface area (Å²) < 4.78 is 0.262. The first-order valence-corrected chi connectivity index (χ1v) is 9.04. The third-order valence-corrected chi connectivity index (χ3v) is 4.98. The average Bonchev–Trinajstić information content (AvgIpc) is 3.18. The number of thioether (sulfide) groups is 1. The molecule has 0 aliphatic heterocycles. The monoisotopic (exact) mass is 307 g/mol. The average molecular weight is 308 g/mol. The van der Waals surface area contributed by atoms with Crippen molar-refractivity contribution < 1.29 is 0 Å². The Bertz CT molecular complexity index is 452. The molecule has 1 N–H and O–H groups in total. The fourth-order valence-electron chi connectivity index (χ4n) is 2.38. The predicted molar refractivity (Wildman–Crippen MR) is 91.9 cm³/mol. The van der Waals surface area contributed by atoms with Gasteiger partial charge in [-0.25, -0.2) is 9.97 Å². The first kappa shape index (κ1) is 16.8. The minimum absolute atomic E-state index is 0.262. The van der Waals surface area contributed by atoms with E-state index >= 15 is 0 Å². The normalized spacial score (nSPS) is 15.5. The summed E-state index contributed by atoms with van der Waals surface area (Å²) in [4.78, 5) is 9.42. The summed E-state index contributed by atoms with van der Waals surface area (Å²) in [6.07, 6.45) is 4.99. The number of hydrogen-bond donors (Lipinski definition) is 1. The molecule has 1 aromatic heterocycles. The van der Waals surface area contributed by atoms with Gasteiger partial charge in [0.15, 0.2) is 0 Å². The fraction of sp³-hybridized carbons (Fsp3) is 0.765. The van der Waals surface area contributed by atoms with Crippen molar-refractivity contribution in [2.24, 2.45) is 0 Å². The highest BCUT2D eigenvalue weighted by molar-refractivity contribution is 7.99. The number of nitrogens with zero attached hydrogens (tertiary/aromatic N) is 2. The van der Waals surface area contributed by atoms with Gasteiger partial charge in [-0.2, -0.15) is 0 Å². The molecule has 0 saturated heterocycles. The van der Waals surface area contributed by atoms with Gasteiger partial charge in [-0.15, -0.1) is 11.8 Å². The van der Waals surface area contributed by atoms with Crippen LogP contribution in [0.4, 0.5) is 0 Å². The van der Waals surface area contributed by atoms with Gasteiger partial charge in [-0.3, -0.25) is 0 Å². The van der Waals surface area contributed by atoms with Crippen LogP contribution in [0.15, 0.2) is 0 Å².